The maximum atomic E-state index is 5.36. The molecule has 0 amide bonds. The van der Waals surface area contributed by atoms with E-state index in [2.05, 4.69) is 43.6 Å². The lowest BCUT2D eigenvalue weighted by molar-refractivity contribution is 0.130. The van der Waals surface area contributed by atoms with Crippen LogP contribution < -0.4 is 4.90 Å². The molecule has 5 heteroatoms. The summed E-state index contributed by atoms with van der Waals surface area (Å²) < 4.78 is 5.36. The van der Waals surface area contributed by atoms with Crippen LogP contribution in [0.4, 0.5) is 5.82 Å². The SMILES string of the molecule is COCc1cc(N2CCCC(CN3CCCCC3C)C2)nc(C(C)(C)C)n1. The lowest BCUT2D eigenvalue weighted by atomic mass is 9.94. The predicted octanol–water partition coefficient (Wildman–Crippen LogP) is 4.01. The van der Waals surface area contributed by atoms with E-state index in [9.17, 15) is 0 Å². The third-order valence-electron chi connectivity index (χ3n) is 6.00. The Hall–Kier alpha value is -1.20. The molecule has 0 radical (unpaired) electrons. The topological polar surface area (TPSA) is 41.5 Å². The van der Waals surface area contributed by atoms with Crippen molar-refractivity contribution in [2.75, 3.05) is 38.2 Å². The molecule has 0 saturated carbocycles. The fourth-order valence-corrected chi connectivity index (χ4v) is 4.38. The van der Waals surface area contributed by atoms with Crippen LogP contribution in [0.25, 0.3) is 0 Å². The Morgan fingerprint density at radius 1 is 1.11 bits per heavy atom. The Morgan fingerprint density at radius 3 is 2.63 bits per heavy atom. The van der Waals surface area contributed by atoms with Crippen molar-refractivity contribution < 1.29 is 4.74 Å². The number of methoxy groups -OCH3 is 1. The van der Waals surface area contributed by atoms with Gasteiger partial charge in [0.15, 0.2) is 0 Å². The summed E-state index contributed by atoms with van der Waals surface area (Å²) in [4.78, 5) is 14.9. The fraction of sp³-hybridized carbons (Fsp3) is 0.818. The second-order valence-corrected chi connectivity index (χ2v) is 9.52. The van der Waals surface area contributed by atoms with Gasteiger partial charge in [-0.15, -0.1) is 0 Å². The molecule has 2 unspecified atom stereocenters. The molecule has 2 aliphatic heterocycles. The second-order valence-electron chi connectivity index (χ2n) is 9.52. The van der Waals surface area contributed by atoms with Gasteiger partial charge in [-0.1, -0.05) is 27.2 Å². The van der Waals surface area contributed by atoms with Gasteiger partial charge in [-0.25, -0.2) is 9.97 Å². The normalized spacial score (nSPS) is 25.0. The van der Waals surface area contributed by atoms with Gasteiger partial charge in [0.05, 0.1) is 12.3 Å². The number of hydrogen-bond acceptors (Lipinski definition) is 5. The molecule has 5 nitrogen and oxygen atoms in total. The van der Waals surface area contributed by atoms with Gasteiger partial charge in [0, 0.05) is 44.3 Å². The molecule has 0 aliphatic carbocycles. The standard InChI is InChI=1S/C22H38N4O/c1-17-9-6-7-11-25(17)14-18-10-8-12-26(15-18)20-13-19(16-27-5)23-21(24-20)22(2,3)4/h13,17-18H,6-12,14-16H2,1-5H3. The first kappa shape index (κ1) is 20.5. The summed E-state index contributed by atoms with van der Waals surface area (Å²) in [5, 5.41) is 0. The molecule has 3 rings (SSSR count). The van der Waals surface area contributed by atoms with Crippen molar-refractivity contribution in [1.82, 2.24) is 14.9 Å². The predicted molar refractivity (Wildman–Crippen MR) is 111 cm³/mol. The average Bonchev–Trinajstić information content (AvgIpc) is 2.63. The highest BCUT2D eigenvalue weighted by atomic mass is 16.5. The van der Waals surface area contributed by atoms with Crippen LogP contribution in [-0.4, -0.2) is 54.2 Å². The number of hydrogen-bond donors (Lipinski definition) is 0. The highest BCUT2D eigenvalue weighted by Gasteiger charge is 2.27. The molecule has 1 aromatic rings. The Kier molecular flexibility index (Phi) is 6.74. The summed E-state index contributed by atoms with van der Waals surface area (Å²) in [5.74, 6) is 2.73. The summed E-state index contributed by atoms with van der Waals surface area (Å²) in [6, 6.07) is 2.87. The third kappa shape index (κ3) is 5.41. The summed E-state index contributed by atoms with van der Waals surface area (Å²) in [5.41, 5.74) is 0.927. The number of aromatic nitrogens is 2. The van der Waals surface area contributed by atoms with E-state index in [4.69, 9.17) is 14.7 Å². The Balaban J connectivity index is 1.73. The lowest BCUT2D eigenvalue weighted by Gasteiger charge is -2.40. The van der Waals surface area contributed by atoms with Crippen LogP contribution in [0.2, 0.25) is 0 Å². The summed E-state index contributed by atoms with van der Waals surface area (Å²) >= 11 is 0. The van der Waals surface area contributed by atoms with E-state index in [1.807, 2.05) is 0 Å². The summed E-state index contributed by atoms with van der Waals surface area (Å²) in [6.45, 7) is 14.2. The number of piperidine rings is 2. The van der Waals surface area contributed by atoms with E-state index in [1.165, 1.54) is 45.2 Å². The molecule has 0 spiro atoms. The molecule has 2 fully saturated rings. The van der Waals surface area contributed by atoms with E-state index >= 15 is 0 Å². The molecule has 2 saturated heterocycles. The minimum absolute atomic E-state index is 0.0586. The van der Waals surface area contributed by atoms with E-state index in [0.717, 1.165) is 42.4 Å². The van der Waals surface area contributed by atoms with Crippen LogP contribution in [0.15, 0.2) is 6.07 Å². The largest absolute Gasteiger partial charge is 0.378 e. The zero-order valence-electron chi connectivity index (χ0n) is 18.0. The maximum Gasteiger partial charge on any atom is 0.136 e. The van der Waals surface area contributed by atoms with Crippen molar-refractivity contribution in [3.05, 3.63) is 17.6 Å². The van der Waals surface area contributed by atoms with Crippen molar-refractivity contribution in [1.29, 1.82) is 0 Å². The van der Waals surface area contributed by atoms with Crippen molar-refractivity contribution in [3.8, 4) is 0 Å². The van der Waals surface area contributed by atoms with E-state index in [1.54, 1.807) is 7.11 Å². The van der Waals surface area contributed by atoms with E-state index < -0.39 is 0 Å². The first-order valence-electron chi connectivity index (χ1n) is 10.7. The van der Waals surface area contributed by atoms with Crippen molar-refractivity contribution in [2.45, 2.75) is 77.9 Å². The Morgan fingerprint density at radius 2 is 1.93 bits per heavy atom. The highest BCUT2D eigenvalue weighted by Crippen LogP contribution is 2.27. The molecule has 1 aromatic heterocycles. The van der Waals surface area contributed by atoms with Crippen LogP contribution in [0.5, 0.6) is 0 Å². The zero-order valence-corrected chi connectivity index (χ0v) is 18.0. The Bertz CT molecular complexity index is 613. The van der Waals surface area contributed by atoms with Gasteiger partial charge in [0.1, 0.15) is 11.6 Å². The smallest absolute Gasteiger partial charge is 0.136 e. The molecule has 0 aromatic carbocycles. The first-order valence-corrected chi connectivity index (χ1v) is 10.7. The molecule has 0 bridgehead atoms. The molecule has 2 atom stereocenters. The number of nitrogens with zero attached hydrogens (tertiary/aromatic N) is 4. The van der Waals surface area contributed by atoms with Crippen molar-refractivity contribution in [2.24, 2.45) is 5.92 Å². The second kappa shape index (κ2) is 8.87. The van der Waals surface area contributed by atoms with Crippen LogP contribution in [0.1, 0.15) is 71.3 Å². The van der Waals surface area contributed by atoms with Crippen molar-refractivity contribution in [3.63, 3.8) is 0 Å². The number of rotatable bonds is 5. The van der Waals surface area contributed by atoms with E-state index in [0.29, 0.717) is 6.61 Å². The first-order chi connectivity index (χ1) is 12.9. The van der Waals surface area contributed by atoms with Crippen molar-refractivity contribution >= 4 is 5.82 Å². The molecule has 2 aliphatic rings. The van der Waals surface area contributed by atoms with Gasteiger partial charge in [0.25, 0.3) is 0 Å². The minimum atomic E-state index is -0.0586. The molecule has 152 valence electrons. The van der Waals surface area contributed by atoms with Gasteiger partial charge in [-0.3, -0.25) is 0 Å². The quantitative estimate of drug-likeness (QED) is 0.779. The summed E-state index contributed by atoms with van der Waals surface area (Å²) in [7, 11) is 1.73. The van der Waals surface area contributed by atoms with Gasteiger partial charge in [0.2, 0.25) is 0 Å². The average molecular weight is 375 g/mol. The van der Waals surface area contributed by atoms with Crippen LogP contribution in [0, 0.1) is 5.92 Å². The zero-order chi connectivity index (χ0) is 19.4. The van der Waals surface area contributed by atoms with Gasteiger partial charge in [-0.2, -0.15) is 0 Å². The number of anilines is 1. The number of ether oxygens (including phenoxy) is 1. The molecule has 0 N–H and O–H groups in total. The van der Waals surface area contributed by atoms with Crippen LogP contribution in [0.3, 0.4) is 0 Å². The fourth-order valence-electron chi connectivity index (χ4n) is 4.38. The van der Waals surface area contributed by atoms with Gasteiger partial charge < -0.3 is 14.5 Å². The van der Waals surface area contributed by atoms with Gasteiger partial charge in [-0.05, 0) is 45.1 Å². The van der Waals surface area contributed by atoms with Crippen LogP contribution >= 0.6 is 0 Å². The van der Waals surface area contributed by atoms with Crippen LogP contribution in [-0.2, 0) is 16.8 Å². The van der Waals surface area contributed by atoms with Gasteiger partial charge >= 0.3 is 0 Å². The molecular weight excluding hydrogens is 336 g/mol. The molecule has 27 heavy (non-hydrogen) atoms. The van der Waals surface area contributed by atoms with E-state index in [-0.39, 0.29) is 5.41 Å². The molecular formula is C22H38N4O. The lowest BCUT2D eigenvalue weighted by Crippen LogP contribution is -2.45. The number of likely N-dealkylation sites (tertiary alicyclic amines) is 1. The molecule has 3 heterocycles. The minimum Gasteiger partial charge on any atom is -0.378 e. The monoisotopic (exact) mass is 374 g/mol. The third-order valence-corrected chi connectivity index (χ3v) is 6.00. The Labute approximate surface area is 165 Å². The highest BCUT2D eigenvalue weighted by molar-refractivity contribution is 5.41. The maximum absolute atomic E-state index is 5.36. The summed E-state index contributed by atoms with van der Waals surface area (Å²) in [6.07, 6.45) is 6.70.